The van der Waals surface area contributed by atoms with Gasteiger partial charge in [-0.05, 0) is 37.1 Å². The molecule has 1 N–H and O–H groups in total. The Kier molecular flexibility index (Phi) is 5.53. The number of benzene rings is 1. The van der Waals surface area contributed by atoms with Crippen LogP contribution in [0, 0.1) is 0 Å². The molecular formula is C21H21N3O3S. The average Bonchev–Trinajstić information content (AvgIpc) is 3.42. The highest BCUT2D eigenvalue weighted by Gasteiger charge is 2.19. The van der Waals surface area contributed by atoms with Crippen LogP contribution in [0.3, 0.4) is 0 Å². The molecule has 0 aliphatic heterocycles. The van der Waals surface area contributed by atoms with Gasteiger partial charge in [0.1, 0.15) is 16.5 Å². The number of nitrogens with zero attached hydrogens (tertiary/aromatic N) is 2. The molecule has 1 aromatic carbocycles. The molecule has 1 aliphatic rings. The summed E-state index contributed by atoms with van der Waals surface area (Å²) in [5.41, 5.74) is 2.60. The minimum Gasteiger partial charge on any atom is -0.496 e. The normalized spacial score (nSPS) is 14.0. The molecule has 3 aromatic rings. The van der Waals surface area contributed by atoms with Crippen molar-refractivity contribution in [3.63, 3.8) is 0 Å². The lowest BCUT2D eigenvalue weighted by atomic mass is 10.0. The van der Waals surface area contributed by atoms with Gasteiger partial charge in [0, 0.05) is 46.7 Å². The summed E-state index contributed by atoms with van der Waals surface area (Å²) in [5.74, 6) is 1.15. The number of carbonyl (C=O) groups excluding carboxylic acids is 1. The van der Waals surface area contributed by atoms with Crippen LogP contribution in [-0.2, 0) is 0 Å². The van der Waals surface area contributed by atoms with Crippen molar-refractivity contribution in [3.05, 3.63) is 48.2 Å². The van der Waals surface area contributed by atoms with Crippen molar-refractivity contribution in [2.24, 2.45) is 0 Å². The van der Waals surface area contributed by atoms with E-state index in [-0.39, 0.29) is 6.04 Å². The lowest BCUT2D eigenvalue weighted by molar-refractivity contribution is 0.196. The topological polar surface area (TPSA) is 73.3 Å². The smallest absolute Gasteiger partial charge is 0.412 e. The van der Waals surface area contributed by atoms with E-state index in [1.54, 1.807) is 55.2 Å². The van der Waals surface area contributed by atoms with Gasteiger partial charge in [-0.3, -0.25) is 4.98 Å². The maximum absolute atomic E-state index is 12.2. The van der Waals surface area contributed by atoms with Crippen molar-refractivity contribution in [1.29, 1.82) is 0 Å². The molecule has 2 heterocycles. The Hall–Kier alpha value is -2.93. The van der Waals surface area contributed by atoms with Crippen molar-refractivity contribution < 1.29 is 14.3 Å². The summed E-state index contributed by atoms with van der Waals surface area (Å²) in [6, 6.07) is 7.55. The second-order valence-corrected chi connectivity index (χ2v) is 7.57. The fourth-order valence-corrected chi connectivity index (χ4v) is 4.04. The Morgan fingerprint density at radius 3 is 2.75 bits per heavy atom. The number of aromatic nitrogens is 2. The van der Waals surface area contributed by atoms with Crippen LogP contribution in [0.5, 0.6) is 11.5 Å². The minimum atomic E-state index is -0.419. The first-order chi connectivity index (χ1) is 13.7. The number of thiazole rings is 1. The molecule has 1 fully saturated rings. The highest BCUT2D eigenvalue weighted by Crippen LogP contribution is 2.35. The van der Waals surface area contributed by atoms with E-state index in [2.05, 4.69) is 15.3 Å². The van der Waals surface area contributed by atoms with Crippen LogP contribution < -0.4 is 14.8 Å². The molecule has 0 spiro atoms. The SMILES string of the molecule is COc1ccc(OC(=O)NC2CCCC2)cc1-c1cncc(-c2nccs2)c1. The second-order valence-electron chi connectivity index (χ2n) is 6.68. The van der Waals surface area contributed by atoms with Crippen LogP contribution in [0.25, 0.3) is 21.7 Å². The number of hydrogen-bond acceptors (Lipinski definition) is 6. The molecule has 6 nitrogen and oxygen atoms in total. The number of rotatable bonds is 5. The van der Waals surface area contributed by atoms with E-state index in [4.69, 9.17) is 9.47 Å². The number of methoxy groups -OCH3 is 1. The zero-order valence-corrected chi connectivity index (χ0v) is 16.4. The predicted octanol–water partition coefficient (Wildman–Crippen LogP) is 4.91. The van der Waals surface area contributed by atoms with Gasteiger partial charge in [0.05, 0.1) is 7.11 Å². The summed E-state index contributed by atoms with van der Waals surface area (Å²) < 4.78 is 11.0. The summed E-state index contributed by atoms with van der Waals surface area (Å²) >= 11 is 1.56. The number of pyridine rings is 1. The molecule has 0 atom stereocenters. The molecular weight excluding hydrogens is 374 g/mol. The fraction of sp³-hybridized carbons (Fsp3) is 0.286. The third-order valence-electron chi connectivity index (χ3n) is 4.79. The van der Waals surface area contributed by atoms with Crippen molar-refractivity contribution >= 4 is 17.4 Å². The average molecular weight is 395 g/mol. The van der Waals surface area contributed by atoms with Crippen LogP contribution in [-0.4, -0.2) is 29.2 Å². The molecule has 1 amide bonds. The van der Waals surface area contributed by atoms with Crippen LogP contribution in [0.15, 0.2) is 48.2 Å². The van der Waals surface area contributed by atoms with Crippen LogP contribution in [0.4, 0.5) is 4.79 Å². The van der Waals surface area contributed by atoms with Gasteiger partial charge in [-0.25, -0.2) is 9.78 Å². The summed E-state index contributed by atoms with van der Waals surface area (Å²) in [6.45, 7) is 0. The van der Waals surface area contributed by atoms with Gasteiger partial charge in [-0.1, -0.05) is 12.8 Å². The Morgan fingerprint density at radius 2 is 2.00 bits per heavy atom. The third kappa shape index (κ3) is 4.14. The molecule has 1 saturated carbocycles. The highest BCUT2D eigenvalue weighted by molar-refractivity contribution is 7.13. The Morgan fingerprint density at radius 1 is 1.18 bits per heavy atom. The van der Waals surface area contributed by atoms with Crippen molar-refractivity contribution in [2.75, 3.05) is 7.11 Å². The second kappa shape index (κ2) is 8.39. The molecule has 1 aliphatic carbocycles. The van der Waals surface area contributed by atoms with E-state index in [9.17, 15) is 4.79 Å². The maximum atomic E-state index is 12.2. The highest BCUT2D eigenvalue weighted by atomic mass is 32.1. The molecule has 0 unspecified atom stereocenters. The van der Waals surface area contributed by atoms with E-state index in [1.807, 2.05) is 11.4 Å². The molecule has 4 rings (SSSR count). The van der Waals surface area contributed by atoms with E-state index in [1.165, 1.54) is 0 Å². The first kappa shape index (κ1) is 18.4. The zero-order valence-electron chi connectivity index (χ0n) is 15.6. The molecule has 28 heavy (non-hydrogen) atoms. The third-order valence-corrected chi connectivity index (χ3v) is 5.61. The summed E-state index contributed by atoms with van der Waals surface area (Å²) in [7, 11) is 1.62. The van der Waals surface area contributed by atoms with Gasteiger partial charge < -0.3 is 14.8 Å². The number of nitrogens with one attached hydrogen (secondary N) is 1. The van der Waals surface area contributed by atoms with Crippen molar-refractivity contribution in [2.45, 2.75) is 31.7 Å². The first-order valence-electron chi connectivity index (χ1n) is 9.24. The standard InChI is InChI=1S/C21H21N3O3S/c1-26-19-7-6-17(27-21(25)24-16-4-2-3-5-16)11-18(19)14-10-15(13-22-12-14)20-23-8-9-28-20/h6-13,16H,2-5H2,1H3,(H,24,25). The largest absolute Gasteiger partial charge is 0.496 e. The molecule has 0 saturated heterocycles. The monoisotopic (exact) mass is 395 g/mol. The number of amides is 1. The van der Waals surface area contributed by atoms with Crippen molar-refractivity contribution in [1.82, 2.24) is 15.3 Å². The van der Waals surface area contributed by atoms with Crippen LogP contribution in [0.1, 0.15) is 25.7 Å². The number of carbonyl (C=O) groups is 1. The fourth-order valence-electron chi connectivity index (χ4n) is 3.42. The predicted molar refractivity (Wildman–Crippen MR) is 109 cm³/mol. The van der Waals surface area contributed by atoms with Gasteiger partial charge in [-0.15, -0.1) is 11.3 Å². The number of ether oxygens (including phenoxy) is 2. The van der Waals surface area contributed by atoms with Gasteiger partial charge in [0.25, 0.3) is 0 Å². The van der Waals surface area contributed by atoms with Crippen molar-refractivity contribution in [3.8, 4) is 33.2 Å². The van der Waals surface area contributed by atoms with Crippen LogP contribution in [0.2, 0.25) is 0 Å². The van der Waals surface area contributed by atoms with Gasteiger partial charge in [0.15, 0.2) is 0 Å². The lowest BCUT2D eigenvalue weighted by Crippen LogP contribution is -2.34. The van der Waals surface area contributed by atoms with E-state index in [0.29, 0.717) is 11.5 Å². The Balaban J connectivity index is 1.58. The first-order valence-corrected chi connectivity index (χ1v) is 10.1. The van der Waals surface area contributed by atoms with E-state index >= 15 is 0 Å². The number of hydrogen-bond donors (Lipinski definition) is 1. The van der Waals surface area contributed by atoms with Gasteiger partial charge in [-0.2, -0.15) is 0 Å². The van der Waals surface area contributed by atoms with E-state index < -0.39 is 6.09 Å². The summed E-state index contributed by atoms with van der Waals surface area (Å²) in [6.07, 6.45) is 9.22. The molecule has 0 bridgehead atoms. The Labute approximate surface area is 167 Å². The summed E-state index contributed by atoms with van der Waals surface area (Å²) in [5, 5.41) is 5.76. The van der Waals surface area contributed by atoms with Gasteiger partial charge >= 0.3 is 6.09 Å². The maximum Gasteiger partial charge on any atom is 0.412 e. The van der Waals surface area contributed by atoms with Crippen LogP contribution >= 0.6 is 11.3 Å². The zero-order chi connectivity index (χ0) is 19.3. The molecule has 2 aromatic heterocycles. The Bertz CT molecular complexity index is 953. The lowest BCUT2D eigenvalue weighted by Gasteiger charge is -2.14. The minimum absolute atomic E-state index is 0.212. The molecule has 7 heteroatoms. The molecule has 144 valence electrons. The molecule has 0 radical (unpaired) electrons. The van der Waals surface area contributed by atoms with Gasteiger partial charge in [0.2, 0.25) is 0 Å². The quantitative estimate of drug-likeness (QED) is 0.664. The van der Waals surface area contributed by atoms with E-state index in [0.717, 1.165) is 47.4 Å². The summed E-state index contributed by atoms with van der Waals surface area (Å²) in [4.78, 5) is 20.9.